The molecule has 0 radical (unpaired) electrons. The molecule has 0 amide bonds. The van der Waals surface area contributed by atoms with Gasteiger partial charge in [0.25, 0.3) is 0 Å². The van der Waals surface area contributed by atoms with Crippen LogP contribution < -0.4 is 15.0 Å². The molecule has 0 bridgehead atoms. The molecule has 2 saturated heterocycles. The predicted octanol–water partition coefficient (Wildman–Crippen LogP) is 1.26. The molecular formula is C18H26N2O3. The fraction of sp³-hybridized carbons (Fsp3) is 0.667. The van der Waals surface area contributed by atoms with Crippen molar-refractivity contribution in [3.63, 3.8) is 0 Å². The van der Waals surface area contributed by atoms with Crippen LogP contribution in [0.1, 0.15) is 12.8 Å². The maximum absolute atomic E-state index is 10.4. The zero-order chi connectivity index (χ0) is 15.6. The molecule has 0 aromatic heterocycles. The lowest BCUT2D eigenvalue weighted by Gasteiger charge is -2.35. The highest BCUT2D eigenvalue weighted by atomic mass is 16.5. The minimum absolute atomic E-state index is 0.0870. The zero-order valence-electron chi connectivity index (χ0n) is 13.5. The smallest absolute Gasteiger partial charge is 0.125 e. The maximum atomic E-state index is 10.4. The molecule has 3 fully saturated rings. The first-order chi connectivity index (χ1) is 11.3. The van der Waals surface area contributed by atoms with Crippen molar-refractivity contribution in [1.29, 1.82) is 0 Å². The largest absolute Gasteiger partial charge is 0.488 e. The van der Waals surface area contributed by atoms with Crippen molar-refractivity contribution in [2.45, 2.75) is 25.0 Å². The summed E-state index contributed by atoms with van der Waals surface area (Å²) in [6.45, 7) is 5.51. The van der Waals surface area contributed by atoms with E-state index in [-0.39, 0.29) is 12.2 Å². The number of hydrogen-bond acceptors (Lipinski definition) is 5. The van der Waals surface area contributed by atoms with Crippen LogP contribution in [0.5, 0.6) is 5.75 Å². The molecule has 1 aliphatic carbocycles. The number of nitrogens with zero attached hydrogens (tertiary/aromatic N) is 1. The molecule has 2 N–H and O–H groups in total. The highest BCUT2D eigenvalue weighted by Crippen LogP contribution is 2.35. The van der Waals surface area contributed by atoms with Gasteiger partial charge in [-0.1, -0.05) is 6.07 Å². The van der Waals surface area contributed by atoms with E-state index in [1.165, 1.54) is 5.69 Å². The second kappa shape index (κ2) is 6.67. The van der Waals surface area contributed by atoms with E-state index in [1.54, 1.807) is 0 Å². The van der Waals surface area contributed by atoms with Gasteiger partial charge in [-0.05, 0) is 49.9 Å². The minimum Gasteiger partial charge on any atom is -0.488 e. The van der Waals surface area contributed by atoms with Gasteiger partial charge in [0.05, 0.1) is 19.3 Å². The summed E-state index contributed by atoms with van der Waals surface area (Å²) in [6, 6.07) is 8.24. The molecule has 1 aromatic rings. The number of morpholine rings is 1. The first-order valence-corrected chi connectivity index (χ1v) is 8.78. The molecule has 5 nitrogen and oxygen atoms in total. The van der Waals surface area contributed by atoms with Gasteiger partial charge in [-0.2, -0.15) is 0 Å². The number of ether oxygens (including phenoxy) is 2. The van der Waals surface area contributed by atoms with Crippen molar-refractivity contribution in [1.82, 2.24) is 5.32 Å². The number of rotatable bonds is 3. The Hall–Kier alpha value is -1.30. The second-order valence-corrected chi connectivity index (χ2v) is 6.97. The molecule has 2 heterocycles. The third kappa shape index (κ3) is 3.32. The summed E-state index contributed by atoms with van der Waals surface area (Å²) < 4.78 is 11.6. The van der Waals surface area contributed by atoms with Crippen LogP contribution in [0.25, 0.3) is 0 Å². The summed E-state index contributed by atoms with van der Waals surface area (Å²) in [6.07, 6.45) is 1.35. The summed E-state index contributed by atoms with van der Waals surface area (Å²) in [5.74, 6) is 2.12. The third-order valence-corrected chi connectivity index (χ3v) is 5.47. The topological polar surface area (TPSA) is 54.0 Å². The van der Waals surface area contributed by atoms with Crippen molar-refractivity contribution >= 4 is 5.69 Å². The van der Waals surface area contributed by atoms with Crippen LogP contribution in [0.4, 0.5) is 5.69 Å². The highest BCUT2D eigenvalue weighted by molar-refractivity contribution is 5.51. The molecule has 4 atom stereocenters. The maximum Gasteiger partial charge on any atom is 0.125 e. The average Bonchev–Trinajstić information content (AvgIpc) is 3.03. The Morgan fingerprint density at radius 1 is 1.13 bits per heavy atom. The standard InChI is InChI=1S/C18H26N2O3/c21-17-8-13-11-19-12-14(13)9-18(17)23-16-3-1-2-15(10-16)20-4-6-22-7-5-20/h1-3,10,13-14,17-19,21H,4-9,11-12H2/t13-,14+,17+,18+/m0/s1. The fourth-order valence-corrected chi connectivity index (χ4v) is 4.13. The predicted molar refractivity (Wildman–Crippen MR) is 89.0 cm³/mol. The number of hydrogen-bond donors (Lipinski definition) is 2. The van der Waals surface area contributed by atoms with Crippen LogP contribution in [0.3, 0.4) is 0 Å². The van der Waals surface area contributed by atoms with Gasteiger partial charge >= 0.3 is 0 Å². The van der Waals surface area contributed by atoms with Crippen molar-refractivity contribution in [3.8, 4) is 5.75 Å². The van der Waals surface area contributed by atoms with Gasteiger partial charge in [-0.3, -0.25) is 0 Å². The Labute approximate surface area is 137 Å². The van der Waals surface area contributed by atoms with Crippen LogP contribution in [0, 0.1) is 11.8 Å². The SMILES string of the molecule is O[C@@H]1C[C@H]2CNC[C@H]2C[C@H]1Oc1cccc(N2CCOCC2)c1. The second-order valence-electron chi connectivity index (χ2n) is 6.97. The van der Waals surface area contributed by atoms with Gasteiger partial charge in [-0.25, -0.2) is 0 Å². The Kier molecular flexibility index (Phi) is 4.42. The van der Waals surface area contributed by atoms with Gasteiger partial charge in [0, 0.05) is 24.8 Å². The minimum atomic E-state index is -0.358. The normalized spacial score (nSPS) is 34.2. The van der Waals surface area contributed by atoms with Crippen LogP contribution >= 0.6 is 0 Å². The third-order valence-electron chi connectivity index (χ3n) is 5.47. The van der Waals surface area contributed by atoms with Crippen molar-refractivity contribution in [2.24, 2.45) is 11.8 Å². The molecule has 126 valence electrons. The molecule has 1 aromatic carbocycles. The highest BCUT2D eigenvalue weighted by Gasteiger charge is 2.39. The van der Waals surface area contributed by atoms with Gasteiger partial charge in [-0.15, -0.1) is 0 Å². The Bertz CT molecular complexity index is 533. The molecular weight excluding hydrogens is 292 g/mol. The van der Waals surface area contributed by atoms with Crippen LogP contribution in [-0.4, -0.2) is 56.7 Å². The number of nitrogens with one attached hydrogen (secondary N) is 1. The number of benzene rings is 1. The molecule has 4 rings (SSSR count). The summed E-state index contributed by atoms with van der Waals surface area (Å²) in [5.41, 5.74) is 1.18. The van der Waals surface area contributed by atoms with E-state index in [9.17, 15) is 5.11 Å². The van der Waals surface area contributed by atoms with E-state index < -0.39 is 0 Å². The van der Waals surface area contributed by atoms with Gasteiger partial charge in [0.15, 0.2) is 0 Å². The number of aliphatic hydroxyl groups excluding tert-OH is 1. The van der Waals surface area contributed by atoms with E-state index >= 15 is 0 Å². The van der Waals surface area contributed by atoms with Gasteiger partial charge in [0.1, 0.15) is 11.9 Å². The molecule has 0 unspecified atom stereocenters. The molecule has 2 aliphatic heterocycles. The Morgan fingerprint density at radius 3 is 2.74 bits per heavy atom. The molecule has 3 aliphatic rings. The van der Waals surface area contributed by atoms with E-state index in [0.29, 0.717) is 11.8 Å². The Morgan fingerprint density at radius 2 is 1.91 bits per heavy atom. The number of fused-ring (bicyclic) bond motifs is 1. The summed E-state index contributed by atoms with van der Waals surface area (Å²) in [7, 11) is 0. The van der Waals surface area contributed by atoms with Gasteiger partial charge < -0.3 is 24.8 Å². The molecule has 5 heteroatoms. The number of anilines is 1. The van der Waals surface area contributed by atoms with Crippen molar-refractivity contribution < 1.29 is 14.6 Å². The lowest BCUT2D eigenvalue weighted by Crippen LogP contribution is -2.42. The summed E-state index contributed by atoms with van der Waals surface area (Å²) in [5, 5.41) is 13.9. The molecule has 0 spiro atoms. The first kappa shape index (κ1) is 15.2. The fourth-order valence-electron chi connectivity index (χ4n) is 4.13. The quantitative estimate of drug-likeness (QED) is 0.879. The molecule has 23 heavy (non-hydrogen) atoms. The lowest BCUT2D eigenvalue weighted by molar-refractivity contribution is -0.0231. The van der Waals surface area contributed by atoms with Crippen LogP contribution in [0.15, 0.2) is 24.3 Å². The summed E-state index contributed by atoms with van der Waals surface area (Å²) >= 11 is 0. The Balaban J connectivity index is 1.43. The zero-order valence-corrected chi connectivity index (χ0v) is 13.5. The summed E-state index contributed by atoms with van der Waals surface area (Å²) in [4.78, 5) is 2.32. The number of aliphatic hydroxyl groups is 1. The van der Waals surface area contributed by atoms with Crippen LogP contribution in [0.2, 0.25) is 0 Å². The van der Waals surface area contributed by atoms with Crippen molar-refractivity contribution in [2.75, 3.05) is 44.3 Å². The molecule has 1 saturated carbocycles. The van der Waals surface area contributed by atoms with E-state index in [0.717, 1.165) is 58.0 Å². The lowest BCUT2D eigenvalue weighted by atomic mass is 9.78. The van der Waals surface area contributed by atoms with Gasteiger partial charge in [0.2, 0.25) is 0 Å². The van der Waals surface area contributed by atoms with Crippen molar-refractivity contribution in [3.05, 3.63) is 24.3 Å². The van der Waals surface area contributed by atoms with E-state index in [4.69, 9.17) is 9.47 Å². The van der Waals surface area contributed by atoms with Crippen LogP contribution in [-0.2, 0) is 4.74 Å². The average molecular weight is 318 g/mol. The van der Waals surface area contributed by atoms with E-state index in [1.807, 2.05) is 12.1 Å². The monoisotopic (exact) mass is 318 g/mol. The first-order valence-electron chi connectivity index (χ1n) is 8.78. The van der Waals surface area contributed by atoms with E-state index in [2.05, 4.69) is 22.3 Å².